The van der Waals surface area contributed by atoms with Gasteiger partial charge in [0.05, 0.1) is 23.3 Å². The number of carbonyl (C=O) groups excluding carboxylic acids is 1. The van der Waals surface area contributed by atoms with Gasteiger partial charge in [0.2, 0.25) is 0 Å². The Balaban J connectivity index is 2.30. The number of hydrogen-bond donors (Lipinski definition) is 1. The van der Waals surface area contributed by atoms with Crippen LogP contribution in [0.5, 0.6) is 0 Å². The van der Waals surface area contributed by atoms with Crippen LogP contribution in [0.25, 0.3) is 0 Å². The van der Waals surface area contributed by atoms with E-state index in [0.717, 1.165) is 18.2 Å². The zero-order valence-electron chi connectivity index (χ0n) is 11.8. The first-order chi connectivity index (χ1) is 9.71. The van der Waals surface area contributed by atoms with E-state index in [0.29, 0.717) is 13.0 Å². The number of anilines is 1. The summed E-state index contributed by atoms with van der Waals surface area (Å²) in [5, 5.41) is 0. The van der Waals surface area contributed by atoms with E-state index in [2.05, 4.69) is 0 Å². The molecule has 2 N–H and O–H groups in total. The number of ether oxygens (including phenoxy) is 1. The van der Waals surface area contributed by atoms with Crippen molar-refractivity contribution in [1.82, 2.24) is 4.90 Å². The van der Waals surface area contributed by atoms with Crippen LogP contribution in [0.3, 0.4) is 0 Å². The standard InChI is InChI=1S/C14H17F3N2O2/c1-8-12(5-6-21-8)19(2)13(20)10-7-9(14(15,16)17)3-4-11(10)18/h3-4,7-8,12H,5-6,18H2,1-2H3. The molecule has 1 amide bonds. The average molecular weight is 302 g/mol. The number of alkyl halides is 3. The molecule has 0 aliphatic carbocycles. The van der Waals surface area contributed by atoms with Gasteiger partial charge < -0.3 is 15.4 Å². The Kier molecular flexibility index (Phi) is 4.13. The first-order valence-corrected chi connectivity index (χ1v) is 6.57. The molecule has 2 unspecified atom stereocenters. The minimum absolute atomic E-state index is 0.0337. The molecule has 0 aromatic heterocycles. The molecule has 116 valence electrons. The fourth-order valence-electron chi connectivity index (χ4n) is 2.49. The van der Waals surface area contributed by atoms with E-state index in [1.807, 2.05) is 6.92 Å². The van der Waals surface area contributed by atoms with E-state index >= 15 is 0 Å². The number of halogens is 3. The Morgan fingerprint density at radius 2 is 2.10 bits per heavy atom. The maximum atomic E-state index is 12.7. The third kappa shape index (κ3) is 3.12. The molecule has 1 heterocycles. The van der Waals surface area contributed by atoms with Crippen molar-refractivity contribution in [2.75, 3.05) is 19.4 Å². The molecule has 0 bridgehead atoms. The molecule has 0 saturated carbocycles. The summed E-state index contributed by atoms with van der Waals surface area (Å²) in [7, 11) is 1.55. The second-order valence-corrected chi connectivity index (χ2v) is 5.15. The maximum absolute atomic E-state index is 12.7. The minimum Gasteiger partial charge on any atom is -0.398 e. The summed E-state index contributed by atoms with van der Waals surface area (Å²) in [5.41, 5.74) is 4.67. The third-order valence-corrected chi connectivity index (χ3v) is 3.77. The zero-order valence-corrected chi connectivity index (χ0v) is 11.8. The molecule has 4 nitrogen and oxygen atoms in total. The van der Waals surface area contributed by atoms with E-state index in [1.54, 1.807) is 7.05 Å². The molecular weight excluding hydrogens is 285 g/mol. The van der Waals surface area contributed by atoms with E-state index in [4.69, 9.17) is 10.5 Å². The average Bonchev–Trinajstić information content (AvgIpc) is 2.82. The molecule has 21 heavy (non-hydrogen) atoms. The number of rotatable bonds is 2. The van der Waals surface area contributed by atoms with Crippen LogP contribution in [-0.4, -0.2) is 36.6 Å². The lowest BCUT2D eigenvalue weighted by molar-refractivity contribution is -0.137. The van der Waals surface area contributed by atoms with Crippen molar-refractivity contribution in [3.05, 3.63) is 29.3 Å². The van der Waals surface area contributed by atoms with Gasteiger partial charge in [0.25, 0.3) is 5.91 Å². The molecule has 0 radical (unpaired) electrons. The molecule has 2 rings (SSSR count). The van der Waals surface area contributed by atoms with Gasteiger partial charge in [0.1, 0.15) is 0 Å². The number of nitrogen functional groups attached to an aromatic ring is 1. The Hall–Kier alpha value is -1.76. The van der Waals surface area contributed by atoms with Gasteiger partial charge in [0.15, 0.2) is 0 Å². The number of carbonyl (C=O) groups is 1. The quantitative estimate of drug-likeness (QED) is 0.854. The minimum atomic E-state index is -4.51. The zero-order chi connectivity index (χ0) is 15.8. The highest BCUT2D eigenvalue weighted by Crippen LogP contribution is 2.32. The van der Waals surface area contributed by atoms with Gasteiger partial charge in [0, 0.05) is 19.3 Å². The molecule has 1 aromatic carbocycles. The van der Waals surface area contributed by atoms with E-state index in [9.17, 15) is 18.0 Å². The summed E-state index contributed by atoms with van der Waals surface area (Å²) in [4.78, 5) is 13.8. The Morgan fingerprint density at radius 1 is 1.43 bits per heavy atom. The fraction of sp³-hybridized carbons (Fsp3) is 0.500. The molecule has 1 fully saturated rings. The first-order valence-electron chi connectivity index (χ1n) is 6.57. The van der Waals surface area contributed by atoms with Crippen LogP contribution in [0.2, 0.25) is 0 Å². The molecule has 1 saturated heterocycles. The molecule has 7 heteroatoms. The molecular formula is C14H17F3N2O2. The van der Waals surface area contributed by atoms with Crippen LogP contribution < -0.4 is 5.73 Å². The summed E-state index contributed by atoms with van der Waals surface area (Å²) in [6, 6.07) is 2.62. The van der Waals surface area contributed by atoms with Crippen molar-refractivity contribution in [2.45, 2.75) is 31.7 Å². The van der Waals surface area contributed by atoms with Crippen LogP contribution in [-0.2, 0) is 10.9 Å². The second kappa shape index (κ2) is 5.55. The van der Waals surface area contributed by atoms with Crippen LogP contribution >= 0.6 is 0 Å². The van der Waals surface area contributed by atoms with Crippen LogP contribution in [0.1, 0.15) is 29.3 Å². The molecule has 2 atom stereocenters. The van der Waals surface area contributed by atoms with Gasteiger partial charge in [-0.3, -0.25) is 4.79 Å². The largest absolute Gasteiger partial charge is 0.416 e. The lowest BCUT2D eigenvalue weighted by Crippen LogP contribution is -2.41. The van der Waals surface area contributed by atoms with Crippen molar-refractivity contribution in [3.63, 3.8) is 0 Å². The van der Waals surface area contributed by atoms with Gasteiger partial charge in [-0.05, 0) is 31.5 Å². The van der Waals surface area contributed by atoms with Crippen LogP contribution in [0.15, 0.2) is 18.2 Å². The summed E-state index contributed by atoms with van der Waals surface area (Å²) in [6.45, 7) is 2.36. The van der Waals surface area contributed by atoms with E-state index < -0.39 is 17.6 Å². The maximum Gasteiger partial charge on any atom is 0.416 e. The normalized spacial score (nSPS) is 22.3. The van der Waals surface area contributed by atoms with Gasteiger partial charge in [-0.2, -0.15) is 13.2 Å². The van der Waals surface area contributed by atoms with Crippen molar-refractivity contribution in [1.29, 1.82) is 0 Å². The van der Waals surface area contributed by atoms with Crippen LogP contribution in [0, 0.1) is 0 Å². The van der Waals surface area contributed by atoms with E-state index in [1.165, 1.54) is 4.90 Å². The second-order valence-electron chi connectivity index (χ2n) is 5.15. The first kappa shape index (κ1) is 15.6. The number of benzene rings is 1. The molecule has 0 spiro atoms. The Bertz CT molecular complexity index is 546. The smallest absolute Gasteiger partial charge is 0.398 e. The number of nitrogens with two attached hydrogens (primary N) is 1. The summed E-state index contributed by atoms with van der Waals surface area (Å²) < 4.78 is 43.6. The van der Waals surface area contributed by atoms with Crippen molar-refractivity contribution in [2.24, 2.45) is 0 Å². The monoisotopic (exact) mass is 302 g/mol. The highest BCUT2D eigenvalue weighted by Gasteiger charge is 2.34. The van der Waals surface area contributed by atoms with Crippen molar-refractivity contribution >= 4 is 11.6 Å². The topological polar surface area (TPSA) is 55.6 Å². The Labute approximate surface area is 120 Å². The van der Waals surface area contributed by atoms with Crippen molar-refractivity contribution < 1.29 is 22.7 Å². The SMILES string of the molecule is CC1OCCC1N(C)C(=O)c1cc(C(F)(F)F)ccc1N. The lowest BCUT2D eigenvalue weighted by atomic mass is 10.0. The van der Waals surface area contributed by atoms with Gasteiger partial charge in [-0.25, -0.2) is 0 Å². The summed E-state index contributed by atoms with van der Waals surface area (Å²) in [6.07, 6.45) is -4.00. The predicted molar refractivity (Wildman–Crippen MR) is 71.8 cm³/mol. The van der Waals surface area contributed by atoms with Gasteiger partial charge in [-0.15, -0.1) is 0 Å². The van der Waals surface area contributed by atoms with Crippen molar-refractivity contribution in [3.8, 4) is 0 Å². The lowest BCUT2D eigenvalue weighted by Gasteiger charge is -2.27. The summed E-state index contributed by atoms with van der Waals surface area (Å²) >= 11 is 0. The fourth-order valence-corrected chi connectivity index (χ4v) is 2.49. The predicted octanol–water partition coefficient (Wildman–Crippen LogP) is 2.54. The highest BCUT2D eigenvalue weighted by atomic mass is 19.4. The number of hydrogen-bond acceptors (Lipinski definition) is 3. The molecule has 1 aliphatic heterocycles. The van der Waals surface area contributed by atoms with Crippen LogP contribution in [0.4, 0.5) is 18.9 Å². The summed E-state index contributed by atoms with van der Waals surface area (Å²) in [5.74, 6) is -0.527. The van der Waals surface area contributed by atoms with Gasteiger partial charge >= 0.3 is 6.18 Å². The van der Waals surface area contributed by atoms with E-state index in [-0.39, 0.29) is 23.4 Å². The molecule has 1 aliphatic rings. The number of likely N-dealkylation sites (N-methyl/N-ethyl adjacent to an activating group) is 1. The molecule has 1 aromatic rings. The number of amides is 1. The number of nitrogens with zero attached hydrogens (tertiary/aromatic N) is 1. The van der Waals surface area contributed by atoms with Gasteiger partial charge in [-0.1, -0.05) is 0 Å². The highest BCUT2D eigenvalue weighted by molar-refractivity contribution is 5.99. The Morgan fingerprint density at radius 3 is 2.62 bits per heavy atom. The third-order valence-electron chi connectivity index (χ3n) is 3.77.